The van der Waals surface area contributed by atoms with Gasteiger partial charge in [0.2, 0.25) is 0 Å². The molecule has 0 aliphatic heterocycles. The second-order valence-electron chi connectivity index (χ2n) is 2.76. The number of carbonyl (C=O) groups is 1. The number of aromatic amines is 1. The minimum atomic E-state index is -0.127. The molecule has 0 aliphatic carbocycles. The number of nitrogens with one attached hydrogen (secondary N) is 1. The van der Waals surface area contributed by atoms with Gasteiger partial charge in [0.25, 0.3) is 5.91 Å². The fraction of sp³-hybridized carbons (Fsp3) is 0.300. The van der Waals surface area contributed by atoms with Gasteiger partial charge in [0.05, 0.1) is 11.6 Å². The van der Waals surface area contributed by atoms with Crippen LogP contribution >= 0.6 is 11.6 Å². The number of H-pyrrole nitrogens is 1. The summed E-state index contributed by atoms with van der Waals surface area (Å²) < 4.78 is 0. The summed E-state index contributed by atoms with van der Waals surface area (Å²) in [6.45, 7) is 2.77. The lowest BCUT2D eigenvalue weighted by atomic mass is 10.3. The Labute approximate surface area is 88.1 Å². The van der Waals surface area contributed by atoms with Gasteiger partial charge in [-0.05, 0) is 13.0 Å². The first-order valence-corrected chi connectivity index (χ1v) is 4.63. The largest absolute Gasteiger partial charge is 0.356 e. The fourth-order valence-corrected chi connectivity index (χ4v) is 1.26. The molecular weight excluding hydrogens is 200 g/mol. The van der Waals surface area contributed by atoms with Crippen molar-refractivity contribution in [3.05, 3.63) is 23.0 Å². The van der Waals surface area contributed by atoms with E-state index in [1.54, 1.807) is 17.2 Å². The summed E-state index contributed by atoms with van der Waals surface area (Å²) in [5.74, 6) is 2.31. The molecule has 0 unspecified atom stereocenters. The van der Waals surface area contributed by atoms with Gasteiger partial charge in [-0.3, -0.25) is 4.79 Å². The Balaban J connectivity index is 2.78. The first-order valence-electron chi connectivity index (χ1n) is 4.25. The van der Waals surface area contributed by atoms with Crippen LogP contribution in [0.25, 0.3) is 0 Å². The summed E-state index contributed by atoms with van der Waals surface area (Å²) in [5.41, 5.74) is 0.465. The van der Waals surface area contributed by atoms with Gasteiger partial charge in [-0.2, -0.15) is 0 Å². The molecule has 1 heterocycles. The number of amides is 1. The highest BCUT2D eigenvalue weighted by atomic mass is 35.5. The molecule has 0 bridgehead atoms. The van der Waals surface area contributed by atoms with Crippen LogP contribution in [0.3, 0.4) is 0 Å². The molecule has 0 fully saturated rings. The normalized spacial score (nSPS) is 9.50. The Morgan fingerprint density at radius 3 is 2.93 bits per heavy atom. The molecule has 1 amide bonds. The van der Waals surface area contributed by atoms with E-state index in [-0.39, 0.29) is 5.91 Å². The van der Waals surface area contributed by atoms with Crippen molar-refractivity contribution >= 4 is 17.5 Å². The van der Waals surface area contributed by atoms with E-state index in [1.165, 1.54) is 0 Å². The van der Waals surface area contributed by atoms with Crippen LogP contribution < -0.4 is 0 Å². The van der Waals surface area contributed by atoms with E-state index in [1.807, 2.05) is 6.92 Å². The van der Waals surface area contributed by atoms with E-state index < -0.39 is 0 Å². The van der Waals surface area contributed by atoms with Crippen molar-refractivity contribution in [2.45, 2.75) is 6.92 Å². The van der Waals surface area contributed by atoms with Crippen LogP contribution in [0.15, 0.2) is 12.3 Å². The van der Waals surface area contributed by atoms with Crippen molar-refractivity contribution in [3.8, 4) is 12.3 Å². The summed E-state index contributed by atoms with van der Waals surface area (Å²) in [4.78, 5) is 16.1. The smallest absolute Gasteiger partial charge is 0.271 e. The quantitative estimate of drug-likeness (QED) is 0.759. The zero-order valence-electron chi connectivity index (χ0n) is 7.88. The monoisotopic (exact) mass is 210 g/mol. The standard InChI is InChI=1S/C10H11ClN2O/c1-3-5-13(4-2)10(14)9-6-8(11)7-12-9/h1,6-7,12H,4-5H2,2H3. The van der Waals surface area contributed by atoms with Crippen molar-refractivity contribution in [2.24, 2.45) is 0 Å². The molecule has 0 radical (unpaired) electrons. The minimum Gasteiger partial charge on any atom is -0.356 e. The highest BCUT2D eigenvalue weighted by molar-refractivity contribution is 6.30. The van der Waals surface area contributed by atoms with Crippen LogP contribution in [-0.2, 0) is 0 Å². The molecular formula is C10H11ClN2O. The third-order valence-corrected chi connectivity index (χ3v) is 2.05. The van der Waals surface area contributed by atoms with Crippen molar-refractivity contribution < 1.29 is 4.79 Å². The number of nitrogens with zero attached hydrogens (tertiary/aromatic N) is 1. The van der Waals surface area contributed by atoms with Crippen LogP contribution in [0, 0.1) is 12.3 Å². The molecule has 1 aromatic rings. The van der Waals surface area contributed by atoms with Crippen molar-refractivity contribution in [3.63, 3.8) is 0 Å². The Morgan fingerprint density at radius 2 is 2.50 bits per heavy atom. The molecule has 4 heteroatoms. The lowest BCUT2D eigenvalue weighted by Crippen LogP contribution is -2.31. The molecule has 1 N–H and O–H groups in total. The lowest BCUT2D eigenvalue weighted by molar-refractivity contribution is 0.0780. The van der Waals surface area contributed by atoms with Crippen molar-refractivity contribution in [1.82, 2.24) is 9.88 Å². The molecule has 3 nitrogen and oxygen atoms in total. The minimum absolute atomic E-state index is 0.127. The van der Waals surface area contributed by atoms with Gasteiger partial charge in [-0.15, -0.1) is 6.42 Å². The van der Waals surface area contributed by atoms with Gasteiger partial charge in [-0.1, -0.05) is 17.5 Å². The van der Waals surface area contributed by atoms with Crippen LogP contribution in [-0.4, -0.2) is 28.9 Å². The van der Waals surface area contributed by atoms with Gasteiger partial charge in [-0.25, -0.2) is 0 Å². The average Bonchev–Trinajstić information content (AvgIpc) is 2.60. The maximum absolute atomic E-state index is 11.7. The number of hydrogen-bond donors (Lipinski definition) is 1. The summed E-state index contributed by atoms with van der Waals surface area (Å²) in [6, 6.07) is 1.59. The topological polar surface area (TPSA) is 36.1 Å². The van der Waals surface area contributed by atoms with E-state index in [0.717, 1.165) is 0 Å². The maximum atomic E-state index is 11.7. The Kier molecular flexibility index (Phi) is 3.61. The van der Waals surface area contributed by atoms with Gasteiger partial charge in [0.1, 0.15) is 5.69 Å². The molecule has 74 valence electrons. The second kappa shape index (κ2) is 4.73. The van der Waals surface area contributed by atoms with Crippen LogP contribution in [0.5, 0.6) is 0 Å². The number of halogens is 1. The second-order valence-corrected chi connectivity index (χ2v) is 3.19. The van der Waals surface area contributed by atoms with E-state index in [9.17, 15) is 4.79 Å². The molecule has 0 aliphatic rings. The van der Waals surface area contributed by atoms with E-state index >= 15 is 0 Å². The van der Waals surface area contributed by atoms with Crippen LogP contribution in [0.4, 0.5) is 0 Å². The highest BCUT2D eigenvalue weighted by Gasteiger charge is 2.14. The van der Waals surface area contributed by atoms with Gasteiger partial charge < -0.3 is 9.88 Å². The third kappa shape index (κ3) is 2.30. The Hall–Kier alpha value is -1.40. The van der Waals surface area contributed by atoms with Crippen molar-refractivity contribution in [2.75, 3.05) is 13.1 Å². The molecule has 0 spiro atoms. The van der Waals surface area contributed by atoms with E-state index in [2.05, 4.69) is 10.9 Å². The zero-order valence-corrected chi connectivity index (χ0v) is 8.64. The predicted octanol–water partition coefficient (Wildman–Crippen LogP) is 1.76. The molecule has 0 saturated carbocycles. The number of aromatic nitrogens is 1. The Bertz CT molecular complexity index is 364. The van der Waals surface area contributed by atoms with Crippen molar-refractivity contribution in [1.29, 1.82) is 0 Å². The summed E-state index contributed by atoms with van der Waals surface area (Å²) in [5, 5.41) is 0.519. The van der Waals surface area contributed by atoms with Gasteiger partial charge in [0, 0.05) is 12.7 Å². The summed E-state index contributed by atoms with van der Waals surface area (Å²) >= 11 is 5.69. The predicted molar refractivity (Wildman–Crippen MR) is 56.2 cm³/mol. The molecule has 1 rings (SSSR count). The highest BCUT2D eigenvalue weighted by Crippen LogP contribution is 2.11. The van der Waals surface area contributed by atoms with Gasteiger partial charge >= 0.3 is 0 Å². The van der Waals surface area contributed by atoms with Gasteiger partial charge in [0.15, 0.2) is 0 Å². The first kappa shape index (κ1) is 10.7. The third-order valence-electron chi connectivity index (χ3n) is 1.83. The lowest BCUT2D eigenvalue weighted by Gasteiger charge is -2.16. The average molecular weight is 211 g/mol. The van der Waals surface area contributed by atoms with Crippen LogP contribution in [0.1, 0.15) is 17.4 Å². The molecule has 1 aromatic heterocycles. The molecule has 0 saturated heterocycles. The first-order chi connectivity index (χ1) is 6.69. The SMILES string of the molecule is C#CCN(CC)C(=O)c1cc(Cl)c[nH]1. The number of hydrogen-bond acceptors (Lipinski definition) is 1. The molecule has 0 aromatic carbocycles. The number of terminal acetylenes is 1. The maximum Gasteiger partial charge on any atom is 0.271 e. The zero-order chi connectivity index (χ0) is 10.6. The van der Waals surface area contributed by atoms with E-state index in [4.69, 9.17) is 18.0 Å². The molecule has 0 atom stereocenters. The number of rotatable bonds is 3. The fourth-order valence-electron chi connectivity index (χ4n) is 1.10. The number of carbonyl (C=O) groups excluding carboxylic acids is 1. The summed E-state index contributed by atoms with van der Waals surface area (Å²) in [6.07, 6.45) is 6.71. The van der Waals surface area contributed by atoms with E-state index in [0.29, 0.717) is 23.8 Å². The van der Waals surface area contributed by atoms with Crippen LogP contribution in [0.2, 0.25) is 5.02 Å². The Morgan fingerprint density at radius 1 is 1.79 bits per heavy atom. The molecule has 14 heavy (non-hydrogen) atoms. The summed E-state index contributed by atoms with van der Waals surface area (Å²) in [7, 11) is 0.